The molecular formula is C23H27N3O4S. The second-order valence-electron chi connectivity index (χ2n) is 7.68. The molecule has 1 saturated heterocycles. The summed E-state index contributed by atoms with van der Waals surface area (Å²) >= 11 is 0. The summed E-state index contributed by atoms with van der Waals surface area (Å²) in [4.78, 5) is 7.15. The lowest BCUT2D eigenvalue weighted by molar-refractivity contribution is 0.370. The molecule has 0 N–H and O–H groups in total. The molecule has 4 rings (SSSR count). The summed E-state index contributed by atoms with van der Waals surface area (Å²) in [5.41, 5.74) is 3.29. The van der Waals surface area contributed by atoms with Gasteiger partial charge in [0, 0.05) is 37.6 Å². The third-order valence-electron chi connectivity index (χ3n) is 5.79. The molecule has 0 amide bonds. The van der Waals surface area contributed by atoms with Gasteiger partial charge in [-0.05, 0) is 43.2 Å². The monoisotopic (exact) mass is 441 g/mol. The molecule has 0 atom stereocenters. The first kappa shape index (κ1) is 21.4. The fourth-order valence-electron chi connectivity index (χ4n) is 3.99. The van der Waals surface area contributed by atoms with E-state index in [-0.39, 0.29) is 4.90 Å². The largest absolute Gasteiger partial charge is 0.497 e. The number of sulfonamides is 1. The van der Waals surface area contributed by atoms with Crippen LogP contribution in [0, 0.1) is 13.8 Å². The number of ether oxygens (including phenoxy) is 2. The average molecular weight is 442 g/mol. The summed E-state index contributed by atoms with van der Waals surface area (Å²) in [6.45, 7) is 6.02. The number of aryl methyl sites for hydroxylation is 2. The van der Waals surface area contributed by atoms with Crippen molar-refractivity contribution in [3.63, 3.8) is 0 Å². The predicted octanol–water partition coefficient (Wildman–Crippen LogP) is 3.38. The number of benzene rings is 2. The van der Waals surface area contributed by atoms with Crippen molar-refractivity contribution < 1.29 is 17.9 Å². The highest BCUT2D eigenvalue weighted by atomic mass is 32.2. The van der Waals surface area contributed by atoms with Gasteiger partial charge in [0.1, 0.15) is 22.2 Å². The highest BCUT2D eigenvalue weighted by molar-refractivity contribution is 7.89. The first-order chi connectivity index (χ1) is 14.8. The summed E-state index contributed by atoms with van der Waals surface area (Å²) in [5, 5.41) is 1.15. The number of aromatic nitrogens is 1. The van der Waals surface area contributed by atoms with E-state index in [2.05, 4.69) is 36.9 Å². The fourth-order valence-corrected chi connectivity index (χ4v) is 5.58. The van der Waals surface area contributed by atoms with E-state index < -0.39 is 10.0 Å². The molecule has 3 aromatic rings. The van der Waals surface area contributed by atoms with Gasteiger partial charge in [-0.3, -0.25) is 0 Å². The van der Waals surface area contributed by atoms with Gasteiger partial charge in [-0.15, -0.1) is 0 Å². The highest BCUT2D eigenvalue weighted by Gasteiger charge is 2.31. The lowest BCUT2D eigenvalue weighted by atomic mass is 10.1. The van der Waals surface area contributed by atoms with Gasteiger partial charge in [-0.25, -0.2) is 13.4 Å². The van der Waals surface area contributed by atoms with E-state index in [0.717, 1.165) is 22.3 Å². The van der Waals surface area contributed by atoms with E-state index in [1.807, 2.05) is 6.07 Å². The zero-order valence-corrected chi connectivity index (χ0v) is 19.1. The van der Waals surface area contributed by atoms with E-state index in [0.29, 0.717) is 37.7 Å². The lowest BCUT2D eigenvalue weighted by Gasteiger charge is -2.35. The quantitative estimate of drug-likeness (QED) is 0.605. The molecule has 0 spiro atoms. The fraction of sp³-hybridized carbons (Fsp3) is 0.348. The molecule has 2 heterocycles. The molecule has 0 bridgehead atoms. The maximum atomic E-state index is 13.3. The molecular weight excluding hydrogens is 414 g/mol. The standard InChI is InChI=1S/C23H27N3O4S/c1-16-6-5-7-19-17(2)14-22(24-23(16)19)25-10-12-26(13-11-25)31(27,28)21-15-18(29-3)8-9-20(21)30-4/h5-9,14-15H,10-13H2,1-4H3. The molecule has 31 heavy (non-hydrogen) atoms. The van der Waals surface area contributed by atoms with Crippen LogP contribution in [0.2, 0.25) is 0 Å². The van der Waals surface area contributed by atoms with Gasteiger partial charge in [0.25, 0.3) is 0 Å². The van der Waals surface area contributed by atoms with Crippen LogP contribution in [0.15, 0.2) is 47.4 Å². The van der Waals surface area contributed by atoms with Crippen LogP contribution in [0.5, 0.6) is 11.5 Å². The molecule has 0 saturated carbocycles. The topological polar surface area (TPSA) is 72.0 Å². The lowest BCUT2D eigenvalue weighted by Crippen LogP contribution is -2.49. The van der Waals surface area contributed by atoms with E-state index in [9.17, 15) is 8.42 Å². The number of pyridine rings is 1. The van der Waals surface area contributed by atoms with Crippen LogP contribution in [0.25, 0.3) is 10.9 Å². The van der Waals surface area contributed by atoms with Crippen molar-refractivity contribution in [3.8, 4) is 11.5 Å². The number of methoxy groups -OCH3 is 2. The van der Waals surface area contributed by atoms with E-state index in [1.54, 1.807) is 12.1 Å². The molecule has 1 aromatic heterocycles. The second-order valence-corrected chi connectivity index (χ2v) is 9.58. The minimum absolute atomic E-state index is 0.123. The Labute approximate surface area is 183 Å². The summed E-state index contributed by atoms with van der Waals surface area (Å²) < 4.78 is 38.6. The third-order valence-corrected chi connectivity index (χ3v) is 7.71. The van der Waals surface area contributed by atoms with Crippen molar-refractivity contribution in [2.24, 2.45) is 0 Å². The Balaban J connectivity index is 1.58. The summed E-state index contributed by atoms with van der Waals surface area (Å²) in [6.07, 6.45) is 0. The third kappa shape index (κ3) is 3.93. The Kier molecular flexibility index (Phi) is 5.77. The van der Waals surface area contributed by atoms with Gasteiger partial charge in [-0.2, -0.15) is 4.31 Å². The number of fused-ring (bicyclic) bond motifs is 1. The number of hydrogen-bond donors (Lipinski definition) is 0. The molecule has 8 heteroatoms. The molecule has 2 aromatic carbocycles. The summed E-state index contributed by atoms with van der Waals surface area (Å²) in [7, 11) is -0.733. The normalized spacial score (nSPS) is 15.3. The van der Waals surface area contributed by atoms with Crippen molar-refractivity contribution >= 4 is 26.7 Å². The van der Waals surface area contributed by atoms with Crippen LogP contribution in [0.1, 0.15) is 11.1 Å². The van der Waals surface area contributed by atoms with Crippen LogP contribution in [-0.2, 0) is 10.0 Å². The maximum absolute atomic E-state index is 13.3. The zero-order chi connectivity index (χ0) is 22.2. The Bertz CT molecular complexity index is 1220. The van der Waals surface area contributed by atoms with Crippen LogP contribution in [-0.4, -0.2) is 58.1 Å². The van der Waals surface area contributed by atoms with Gasteiger partial charge in [-0.1, -0.05) is 18.2 Å². The Morgan fingerprint density at radius 1 is 0.903 bits per heavy atom. The van der Waals surface area contributed by atoms with Crippen molar-refractivity contribution in [1.82, 2.24) is 9.29 Å². The summed E-state index contributed by atoms with van der Waals surface area (Å²) in [6, 6.07) is 13.1. The number of rotatable bonds is 5. The SMILES string of the molecule is COc1ccc(OC)c(S(=O)(=O)N2CCN(c3cc(C)c4cccc(C)c4n3)CC2)c1. The number of nitrogens with zero attached hydrogens (tertiary/aromatic N) is 3. The van der Waals surface area contributed by atoms with Gasteiger partial charge >= 0.3 is 0 Å². The van der Waals surface area contributed by atoms with E-state index >= 15 is 0 Å². The number of para-hydroxylation sites is 1. The minimum Gasteiger partial charge on any atom is -0.497 e. The van der Waals surface area contributed by atoms with Gasteiger partial charge in [0.15, 0.2) is 0 Å². The first-order valence-corrected chi connectivity index (χ1v) is 11.6. The number of hydrogen-bond acceptors (Lipinski definition) is 6. The van der Waals surface area contributed by atoms with Crippen molar-refractivity contribution in [2.75, 3.05) is 45.3 Å². The zero-order valence-electron chi connectivity index (χ0n) is 18.3. The Hall–Kier alpha value is -2.84. The number of piperazine rings is 1. The van der Waals surface area contributed by atoms with E-state index in [1.165, 1.54) is 30.2 Å². The molecule has 0 radical (unpaired) electrons. The van der Waals surface area contributed by atoms with Crippen LogP contribution in [0.3, 0.4) is 0 Å². The number of anilines is 1. The molecule has 1 aliphatic rings. The van der Waals surface area contributed by atoms with Crippen LogP contribution >= 0.6 is 0 Å². The van der Waals surface area contributed by atoms with Crippen molar-refractivity contribution in [3.05, 3.63) is 53.6 Å². The minimum atomic E-state index is -3.71. The van der Waals surface area contributed by atoms with Crippen LogP contribution < -0.4 is 14.4 Å². The Morgan fingerprint density at radius 2 is 1.65 bits per heavy atom. The van der Waals surface area contributed by atoms with Gasteiger partial charge < -0.3 is 14.4 Å². The van der Waals surface area contributed by atoms with Crippen LogP contribution in [0.4, 0.5) is 5.82 Å². The molecule has 1 aliphatic heterocycles. The summed E-state index contributed by atoms with van der Waals surface area (Å²) in [5.74, 6) is 1.67. The average Bonchev–Trinajstić information content (AvgIpc) is 2.79. The van der Waals surface area contributed by atoms with Gasteiger partial charge in [0.05, 0.1) is 19.7 Å². The smallest absolute Gasteiger partial charge is 0.247 e. The first-order valence-electron chi connectivity index (χ1n) is 10.2. The maximum Gasteiger partial charge on any atom is 0.247 e. The molecule has 164 valence electrons. The van der Waals surface area contributed by atoms with Crippen molar-refractivity contribution in [1.29, 1.82) is 0 Å². The van der Waals surface area contributed by atoms with Gasteiger partial charge in [0.2, 0.25) is 10.0 Å². The molecule has 0 unspecified atom stereocenters. The second kappa shape index (κ2) is 8.36. The highest BCUT2D eigenvalue weighted by Crippen LogP contribution is 2.32. The Morgan fingerprint density at radius 3 is 2.32 bits per heavy atom. The van der Waals surface area contributed by atoms with Crippen molar-refractivity contribution in [2.45, 2.75) is 18.7 Å². The molecule has 7 nitrogen and oxygen atoms in total. The van der Waals surface area contributed by atoms with E-state index in [4.69, 9.17) is 14.5 Å². The predicted molar refractivity (Wildman–Crippen MR) is 122 cm³/mol. The molecule has 0 aliphatic carbocycles. The molecule has 1 fully saturated rings.